The summed E-state index contributed by atoms with van der Waals surface area (Å²) in [4.78, 5) is 34.3. The number of carbonyl (C=O) groups is 2. The van der Waals surface area contributed by atoms with Crippen LogP contribution in [0.3, 0.4) is 0 Å². The van der Waals surface area contributed by atoms with E-state index in [1.54, 1.807) is 19.9 Å². The van der Waals surface area contributed by atoms with Gasteiger partial charge in [0.25, 0.3) is 5.69 Å². The lowest BCUT2D eigenvalue weighted by Gasteiger charge is -2.20. The highest BCUT2D eigenvalue weighted by molar-refractivity contribution is 5.85. The van der Waals surface area contributed by atoms with Crippen molar-refractivity contribution < 1.29 is 19.2 Å². The molecule has 0 saturated carbocycles. The number of nitro groups is 1. The molecule has 0 saturated heterocycles. The Bertz CT molecular complexity index is 592. The first-order valence-electron chi connectivity index (χ1n) is 7.21. The molecule has 8 nitrogen and oxygen atoms in total. The number of nitrogens with zero attached hydrogens (tertiary/aromatic N) is 1. The van der Waals surface area contributed by atoms with Gasteiger partial charge < -0.3 is 15.8 Å². The summed E-state index contributed by atoms with van der Waals surface area (Å²) in [6.45, 7) is 4.87. The summed E-state index contributed by atoms with van der Waals surface area (Å²) < 4.78 is 5.05. The minimum atomic E-state index is -0.888. The van der Waals surface area contributed by atoms with Crippen LogP contribution in [0, 0.1) is 10.1 Å². The van der Waals surface area contributed by atoms with Gasteiger partial charge in [0, 0.05) is 6.07 Å². The van der Waals surface area contributed by atoms with Gasteiger partial charge in [0.2, 0.25) is 5.91 Å². The van der Waals surface area contributed by atoms with Crippen molar-refractivity contribution in [1.82, 2.24) is 5.32 Å². The number of esters is 1. The second kappa shape index (κ2) is 9.84. The number of halogens is 1. The van der Waals surface area contributed by atoms with Gasteiger partial charge in [0.05, 0.1) is 35.1 Å². The second-order valence-corrected chi connectivity index (χ2v) is 5.41. The summed E-state index contributed by atoms with van der Waals surface area (Å²) in [5.41, 5.74) is 5.56. The highest BCUT2D eigenvalue weighted by Gasteiger charge is 2.27. The maximum absolute atomic E-state index is 11.9. The minimum Gasteiger partial charge on any atom is -0.463 e. The molecule has 0 aromatic heterocycles. The van der Waals surface area contributed by atoms with Crippen LogP contribution < -0.4 is 11.1 Å². The zero-order chi connectivity index (χ0) is 17.6. The van der Waals surface area contributed by atoms with Gasteiger partial charge in [-0.1, -0.05) is 18.2 Å². The van der Waals surface area contributed by atoms with E-state index in [0.717, 1.165) is 0 Å². The molecule has 1 aromatic rings. The summed E-state index contributed by atoms with van der Waals surface area (Å²) in [5.74, 6) is -1.07. The van der Waals surface area contributed by atoms with E-state index in [4.69, 9.17) is 10.5 Å². The van der Waals surface area contributed by atoms with Crippen molar-refractivity contribution in [2.45, 2.75) is 45.4 Å². The van der Waals surface area contributed by atoms with E-state index >= 15 is 0 Å². The molecule has 0 fully saturated rings. The summed E-state index contributed by atoms with van der Waals surface area (Å²) in [5, 5.41) is 13.7. The normalized spacial score (nSPS) is 12.7. The Hall–Kier alpha value is -2.19. The lowest BCUT2D eigenvalue weighted by molar-refractivity contribution is -0.385. The van der Waals surface area contributed by atoms with Crippen LogP contribution in [0.5, 0.6) is 0 Å². The fraction of sp³-hybridized carbons (Fsp3) is 0.467. The maximum atomic E-state index is 11.9. The minimum absolute atomic E-state index is 0. The molecule has 3 N–H and O–H groups in total. The van der Waals surface area contributed by atoms with E-state index in [9.17, 15) is 19.7 Å². The Morgan fingerprint density at radius 2 is 1.88 bits per heavy atom. The third-order valence-electron chi connectivity index (χ3n) is 2.98. The molecule has 9 heteroatoms. The van der Waals surface area contributed by atoms with Crippen LogP contribution in [0.4, 0.5) is 5.69 Å². The number of rotatable bonds is 7. The van der Waals surface area contributed by atoms with Crippen molar-refractivity contribution in [3.63, 3.8) is 0 Å². The summed E-state index contributed by atoms with van der Waals surface area (Å²) in [7, 11) is 0. The van der Waals surface area contributed by atoms with E-state index in [0.29, 0.717) is 0 Å². The summed E-state index contributed by atoms with van der Waals surface area (Å²) >= 11 is 0. The summed E-state index contributed by atoms with van der Waals surface area (Å²) in [6, 6.07) is 4.23. The Kier molecular flexibility index (Phi) is 8.94. The topological polar surface area (TPSA) is 125 Å². The van der Waals surface area contributed by atoms with Gasteiger partial charge in [0.15, 0.2) is 0 Å². The Morgan fingerprint density at radius 1 is 1.29 bits per heavy atom. The van der Waals surface area contributed by atoms with E-state index in [-0.39, 0.29) is 36.2 Å². The molecule has 1 rings (SSSR count). The van der Waals surface area contributed by atoms with E-state index in [1.165, 1.54) is 25.1 Å². The molecule has 134 valence electrons. The number of hydrogen-bond donors (Lipinski definition) is 2. The highest BCUT2D eigenvalue weighted by atomic mass is 35.5. The van der Waals surface area contributed by atoms with Crippen molar-refractivity contribution in [2.75, 3.05) is 0 Å². The largest absolute Gasteiger partial charge is 0.463 e. The molecule has 0 spiro atoms. The second-order valence-electron chi connectivity index (χ2n) is 5.41. The molecule has 1 amide bonds. The lowest BCUT2D eigenvalue weighted by atomic mass is 10.0. The first kappa shape index (κ1) is 21.8. The number of nitrogens with one attached hydrogen (secondary N) is 1. The van der Waals surface area contributed by atoms with Gasteiger partial charge in [-0.3, -0.25) is 19.7 Å². The van der Waals surface area contributed by atoms with Gasteiger partial charge in [-0.15, -0.1) is 12.4 Å². The fourth-order valence-corrected chi connectivity index (χ4v) is 1.97. The van der Waals surface area contributed by atoms with Crippen LogP contribution in [0.1, 0.15) is 38.8 Å². The van der Waals surface area contributed by atoms with Crippen LogP contribution in [0.25, 0.3) is 0 Å². The van der Waals surface area contributed by atoms with Crippen molar-refractivity contribution >= 4 is 30.0 Å². The molecule has 0 bridgehead atoms. The first-order valence-corrected chi connectivity index (χ1v) is 7.21. The van der Waals surface area contributed by atoms with Crippen molar-refractivity contribution in [3.8, 4) is 0 Å². The number of amides is 1. The molecular formula is C15H22ClN3O5. The lowest BCUT2D eigenvalue weighted by Crippen LogP contribution is -2.41. The van der Waals surface area contributed by atoms with Crippen LogP contribution >= 0.6 is 12.4 Å². The van der Waals surface area contributed by atoms with E-state index < -0.39 is 28.9 Å². The molecule has 24 heavy (non-hydrogen) atoms. The SMILES string of the molecule is CC(C)OC(=O)CC(NC(=O)[C@@H](C)N)c1ccccc1[N+](=O)[O-].Cl. The maximum Gasteiger partial charge on any atom is 0.308 e. The number of nitrogens with two attached hydrogens (primary N) is 1. The smallest absolute Gasteiger partial charge is 0.308 e. The average Bonchev–Trinajstić information content (AvgIpc) is 2.45. The Morgan fingerprint density at radius 3 is 2.38 bits per heavy atom. The third kappa shape index (κ3) is 6.51. The standard InChI is InChI=1S/C15H21N3O5.ClH/c1-9(2)23-14(19)8-12(17-15(20)10(3)16)11-6-4-5-7-13(11)18(21)22;/h4-7,9-10,12H,8,16H2,1-3H3,(H,17,20);1H/t10-,12?;/m1./s1. The molecule has 0 heterocycles. The molecule has 2 atom stereocenters. The van der Waals surface area contributed by atoms with E-state index in [1.807, 2.05) is 0 Å². The molecular weight excluding hydrogens is 338 g/mol. The molecule has 0 aliphatic rings. The average molecular weight is 360 g/mol. The van der Waals surface area contributed by atoms with E-state index in [2.05, 4.69) is 5.32 Å². The van der Waals surface area contributed by atoms with Crippen molar-refractivity contribution in [3.05, 3.63) is 39.9 Å². The predicted octanol–water partition coefficient (Wildman–Crippen LogP) is 1.86. The number of nitro benzene ring substituents is 1. The van der Waals surface area contributed by atoms with Crippen molar-refractivity contribution in [2.24, 2.45) is 5.73 Å². The number of carbonyl (C=O) groups excluding carboxylic acids is 2. The van der Waals surface area contributed by atoms with Gasteiger partial charge >= 0.3 is 5.97 Å². The van der Waals surface area contributed by atoms with Gasteiger partial charge in [-0.05, 0) is 20.8 Å². The van der Waals surface area contributed by atoms with Gasteiger partial charge in [-0.25, -0.2) is 0 Å². The van der Waals surface area contributed by atoms with Crippen LogP contribution in [-0.4, -0.2) is 28.9 Å². The molecule has 0 aliphatic heterocycles. The molecule has 0 aliphatic carbocycles. The first-order chi connectivity index (χ1) is 10.7. The van der Waals surface area contributed by atoms with Crippen LogP contribution in [0.2, 0.25) is 0 Å². The van der Waals surface area contributed by atoms with Gasteiger partial charge in [-0.2, -0.15) is 0 Å². The highest BCUT2D eigenvalue weighted by Crippen LogP contribution is 2.27. The predicted molar refractivity (Wildman–Crippen MR) is 90.7 cm³/mol. The molecule has 0 radical (unpaired) electrons. The van der Waals surface area contributed by atoms with Crippen LogP contribution in [0.15, 0.2) is 24.3 Å². The molecule has 1 aromatic carbocycles. The Labute approximate surface area is 146 Å². The third-order valence-corrected chi connectivity index (χ3v) is 2.98. The fourth-order valence-electron chi connectivity index (χ4n) is 1.97. The zero-order valence-electron chi connectivity index (χ0n) is 13.7. The quantitative estimate of drug-likeness (QED) is 0.435. The van der Waals surface area contributed by atoms with Crippen molar-refractivity contribution in [1.29, 1.82) is 0 Å². The zero-order valence-corrected chi connectivity index (χ0v) is 14.5. The Balaban J connectivity index is 0.00000529. The number of benzene rings is 1. The van der Waals surface area contributed by atoms with Crippen LogP contribution in [-0.2, 0) is 14.3 Å². The number of hydrogen-bond acceptors (Lipinski definition) is 6. The summed E-state index contributed by atoms with van der Waals surface area (Å²) in [6.07, 6.45) is -0.542. The van der Waals surface area contributed by atoms with Gasteiger partial charge in [0.1, 0.15) is 0 Å². The number of para-hydroxylation sites is 1. The number of ether oxygens (including phenoxy) is 1. The molecule has 1 unspecified atom stereocenters. The monoisotopic (exact) mass is 359 g/mol.